The molecular weight excluding hydrogens is 202 g/mol. The summed E-state index contributed by atoms with van der Waals surface area (Å²) in [4.78, 5) is 2.46. The van der Waals surface area contributed by atoms with Crippen LogP contribution in [0.5, 0.6) is 0 Å². The van der Waals surface area contributed by atoms with E-state index in [-0.39, 0.29) is 0 Å². The lowest BCUT2D eigenvalue weighted by Crippen LogP contribution is -2.41. The number of nitrogens with zero attached hydrogens (tertiary/aromatic N) is 1. The molecule has 3 N–H and O–H groups in total. The highest BCUT2D eigenvalue weighted by atomic mass is 16.5. The van der Waals surface area contributed by atoms with E-state index in [0.717, 1.165) is 32.5 Å². The Labute approximate surface area is 97.6 Å². The molecule has 2 heterocycles. The van der Waals surface area contributed by atoms with Crippen LogP contribution in [0.4, 0.5) is 0 Å². The second-order valence-corrected chi connectivity index (χ2v) is 5.18. The van der Waals surface area contributed by atoms with E-state index in [0.29, 0.717) is 24.0 Å². The summed E-state index contributed by atoms with van der Waals surface area (Å²) in [5, 5.41) is 7.44. The molecule has 0 aromatic carbocycles. The van der Waals surface area contributed by atoms with Crippen molar-refractivity contribution < 1.29 is 4.74 Å². The van der Waals surface area contributed by atoms with Crippen molar-refractivity contribution in [1.29, 1.82) is 5.41 Å². The summed E-state index contributed by atoms with van der Waals surface area (Å²) >= 11 is 0. The predicted molar refractivity (Wildman–Crippen MR) is 64.6 cm³/mol. The van der Waals surface area contributed by atoms with Gasteiger partial charge in [0, 0.05) is 12.5 Å². The van der Waals surface area contributed by atoms with Gasteiger partial charge in [0.1, 0.15) is 0 Å². The number of amidine groups is 1. The maximum atomic E-state index is 7.44. The number of likely N-dealkylation sites (tertiary alicyclic amines) is 1. The fourth-order valence-corrected chi connectivity index (χ4v) is 2.73. The molecule has 4 heteroatoms. The van der Waals surface area contributed by atoms with Gasteiger partial charge in [-0.3, -0.25) is 5.41 Å². The molecule has 0 aromatic heterocycles. The second kappa shape index (κ2) is 5.15. The summed E-state index contributed by atoms with van der Waals surface area (Å²) in [7, 11) is 0. The Morgan fingerprint density at radius 3 is 2.50 bits per heavy atom. The molecular formula is C12H23N3O. The third-order valence-corrected chi connectivity index (χ3v) is 3.81. The van der Waals surface area contributed by atoms with Crippen LogP contribution in [0, 0.1) is 11.3 Å². The topological polar surface area (TPSA) is 62.3 Å². The van der Waals surface area contributed by atoms with E-state index in [4.69, 9.17) is 15.9 Å². The minimum Gasteiger partial charge on any atom is -0.387 e. The zero-order valence-corrected chi connectivity index (χ0v) is 10.1. The average molecular weight is 225 g/mol. The van der Waals surface area contributed by atoms with Crippen LogP contribution in [-0.2, 0) is 4.74 Å². The molecule has 92 valence electrons. The van der Waals surface area contributed by atoms with Crippen molar-refractivity contribution in [1.82, 2.24) is 4.90 Å². The Morgan fingerprint density at radius 1 is 1.31 bits per heavy atom. The molecule has 0 radical (unpaired) electrons. The molecule has 2 atom stereocenters. The van der Waals surface area contributed by atoms with Crippen molar-refractivity contribution in [2.24, 2.45) is 11.7 Å². The predicted octanol–water partition coefficient (Wildman–Crippen LogP) is 1.20. The van der Waals surface area contributed by atoms with Gasteiger partial charge in [-0.2, -0.15) is 0 Å². The van der Waals surface area contributed by atoms with Crippen molar-refractivity contribution >= 4 is 5.84 Å². The van der Waals surface area contributed by atoms with Gasteiger partial charge in [0.25, 0.3) is 0 Å². The van der Waals surface area contributed by atoms with Crippen molar-refractivity contribution in [3.8, 4) is 0 Å². The fraction of sp³-hybridized carbons (Fsp3) is 0.917. The third-order valence-electron chi connectivity index (χ3n) is 3.81. The molecule has 2 unspecified atom stereocenters. The summed E-state index contributed by atoms with van der Waals surface area (Å²) in [6.45, 7) is 5.36. The lowest BCUT2D eigenvalue weighted by atomic mass is 9.95. The van der Waals surface area contributed by atoms with E-state index >= 15 is 0 Å². The first-order valence-corrected chi connectivity index (χ1v) is 6.37. The SMILES string of the molecule is CC1CCC(CN2CCC(C(=N)N)CC2)O1. The van der Waals surface area contributed by atoms with Crippen molar-refractivity contribution in [3.05, 3.63) is 0 Å². The van der Waals surface area contributed by atoms with E-state index in [9.17, 15) is 0 Å². The second-order valence-electron chi connectivity index (χ2n) is 5.18. The molecule has 0 aliphatic carbocycles. The largest absolute Gasteiger partial charge is 0.387 e. The smallest absolute Gasteiger partial charge is 0.0937 e. The maximum absolute atomic E-state index is 7.44. The van der Waals surface area contributed by atoms with Gasteiger partial charge in [0.2, 0.25) is 0 Å². The van der Waals surface area contributed by atoms with Gasteiger partial charge in [0.05, 0.1) is 18.0 Å². The number of rotatable bonds is 3. The minimum atomic E-state index is 0.319. The highest BCUT2D eigenvalue weighted by Crippen LogP contribution is 2.22. The molecule has 0 saturated carbocycles. The van der Waals surface area contributed by atoms with E-state index in [2.05, 4.69) is 11.8 Å². The Bertz CT molecular complexity index is 249. The van der Waals surface area contributed by atoms with Crippen LogP contribution >= 0.6 is 0 Å². The quantitative estimate of drug-likeness (QED) is 0.560. The third kappa shape index (κ3) is 2.95. The van der Waals surface area contributed by atoms with Crippen LogP contribution in [0.1, 0.15) is 32.6 Å². The van der Waals surface area contributed by atoms with Crippen LogP contribution in [0.25, 0.3) is 0 Å². The summed E-state index contributed by atoms with van der Waals surface area (Å²) in [6, 6.07) is 0. The van der Waals surface area contributed by atoms with Crippen LogP contribution in [0.15, 0.2) is 0 Å². The molecule has 2 fully saturated rings. The Morgan fingerprint density at radius 2 is 2.00 bits per heavy atom. The van der Waals surface area contributed by atoms with E-state index < -0.39 is 0 Å². The van der Waals surface area contributed by atoms with Gasteiger partial charge in [0.15, 0.2) is 0 Å². The number of nitrogens with one attached hydrogen (secondary N) is 1. The maximum Gasteiger partial charge on any atom is 0.0937 e. The summed E-state index contributed by atoms with van der Waals surface area (Å²) in [5.41, 5.74) is 5.53. The number of hydrogen-bond acceptors (Lipinski definition) is 3. The lowest BCUT2D eigenvalue weighted by molar-refractivity contribution is 0.0260. The van der Waals surface area contributed by atoms with Crippen LogP contribution in [-0.4, -0.2) is 42.6 Å². The van der Waals surface area contributed by atoms with Gasteiger partial charge in [-0.15, -0.1) is 0 Å². The lowest BCUT2D eigenvalue weighted by Gasteiger charge is -2.32. The number of ether oxygens (including phenoxy) is 1. The fourth-order valence-electron chi connectivity index (χ4n) is 2.73. The van der Waals surface area contributed by atoms with Crippen LogP contribution < -0.4 is 5.73 Å². The molecule has 2 aliphatic heterocycles. The zero-order valence-electron chi connectivity index (χ0n) is 10.1. The van der Waals surface area contributed by atoms with E-state index in [1.165, 1.54) is 12.8 Å². The molecule has 16 heavy (non-hydrogen) atoms. The number of piperidine rings is 1. The molecule has 2 aliphatic rings. The Kier molecular flexibility index (Phi) is 3.82. The number of hydrogen-bond donors (Lipinski definition) is 2. The Hall–Kier alpha value is -0.610. The standard InChI is InChI=1S/C12H23N3O/c1-9-2-3-11(16-9)8-15-6-4-10(5-7-15)12(13)14/h9-11H,2-8H2,1H3,(H3,13,14). The van der Waals surface area contributed by atoms with Crippen LogP contribution in [0.3, 0.4) is 0 Å². The monoisotopic (exact) mass is 225 g/mol. The van der Waals surface area contributed by atoms with Gasteiger partial charge >= 0.3 is 0 Å². The van der Waals surface area contributed by atoms with E-state index in [1.54, 1.807) is 0 Å². The molecule has 4 nitrogen and oxygen atoms in total. The number of nitrogens with two attached hydrogens (primary N) is 1. The Balaban J connectivity index is 1.71. The molecule has 0 bridgehead atoms. The molecule has 0 amide bonds. The highest BCUT2D eigenvalue weighted by Gasteiger charge is 2.27. The normalized spacial score (nSPS) is 33.1. The van der Waals surface area contributed by atoms with Crippen molar-refractivity contribution in [2.45, 2.75) is 44.8 Å². The first-order chi connectivity index (χ1) is 7.65. The van der Waals surface area contributed by atoms with E-state index in [1.807, 2.05) is 0 Å². The van der Waals surface area contributed by atoms with Gasteiger partial charge in [-0.05, 0) is 45.7 Å². The average Bonchev–Trinajstić information content (AvgIpc) is 2.65. The summed E-state index contributed by atoms with van der Waals surface area (Å²) in [5.74, 6) is 0.685. The zero-order chi connectivity index (χ0) is 11.5. The highest BCUT2D eigenvalue weighted by molar-refractivity contribution is 5.79. The molecule has 0 spiro atoms. The van der Waals surface area contributed by atoms with Gasteiger partial charge in [-0.25, -0.2) is 0 Å². The minimum absolute atomic E-state index is 0.319. The van der Waals surface area contributed by atoms with Gasteiger partial charge < -0.3 is 15.4 Å². The molecule has 2 rings (SSSR count). The summed E-state index contributed by atoms with van der Waals surface area (Å²) < 4.78 is 5.83. The van der Waals surface area contributed by atoms with Crippen LogP contribution in [0.2, 0.25) is 0 Å². The molecule has 2 saturated heterocycles. The van der Waals surface area contributed by atoms with Crippen molar-refractivity contribution in [2.75, 3.05) is 19.6 Å². The molecule has 0 aromatic rings. The summed E-state index contributed by atoms with van der Waals surface area (Å²) in [6.07, 6.45) is 5.36. The van der Waals surface area contributed by atoms with Crippen molar-refractivity contribution in [3.63, 3.8) is 0 Å². The first kappa shape index (κ1) is 11.9. The first-order valence-electron chi connectivity index (χ1n) is 6.37. The van der Waals surface area contributed by atoms with Gasteiger partial charge in [-0.1, -0.05) is 0 Å².